The minimum absolute atomic E-state index is 0.102. The van der Waals surface area contributed by atoms with Gasteiger partial charge in [0.25, 0.3) is 0 Å². The van der Waals surface area contributed by atoms with E-state index in [0.717, 1.165) is 25.9 Å². The van der Waals surface area contributed by atoms with Gasteiger partial charge in [-0.2, -0.15) is 0 Å². The lowest BCUT2D eigenvalue weighted by molar-refractivity contribution is -0.0236. The highest BCUT2D eigenvalue weighted by atomic mass is 79.9. The fourth-order valence-electron chi connectivity index (χ4n) is 3.02. The van der Waals surface area contributed by atoms with Crippen LogP contribution in [0.4, 0.5) is 0 Å². The van der Waals surface area contributed by atoms with Crippen molar-refractivity contribution in [2.45, 2.75) is 62.8 Å². The van der Waals surface area contributed by atoms with Gasteiger partial charge in [-0.3, -0.25) is 0 Å². The minimum Gasteiger partial charge on any atom is -0.370 e. The van der Waals surface area contributed by atoms with Crippen LogP contribution in [-0.4, -0.2) is 17.6 Å². The second-order valence-electron chi connectivity index (χ2n) is 4.91. The maximum Gasteiger partial charge on any atom is 0.101 e. The molecule has 0 aliphatic heterocycles. The molecule has 2 atom stereocenters. The fraction of sp³-hybridized carbons (Fsp3) is 0.846. The van der Waals surface area contributed by atoms with Crippen molar-refractivity contribution in [3.05, 3.63) is 10.1 Å². The molecule has 0 unspecified atom stereocenters. The topological polar surface area (TPSA) is 9.23 Å². The Morgan fingerprint density at radius 1 is 1.44 bits per heavy atom. The Hall–Kier alpha value is 0.470. The van der Waals surface area contributed by atoms with Gasteiger partial charge in [0.2, 0.25) is 0 Å². The highest BCUT2D eigenvalue weighted by Crippen LogP contribution is 2.47. The van der Waals surface area contributed by atoms with Gasteiger partial charge in [0.1, 0.15) is 5.60 Å². The Morgan fingerprint density at radius 2 is 2.25 bits per heavy atom. The summed E-state index contributed by atoms with van der Waals surface area (Å²) in [5.41, 5.74) is 1.40. The van der Waals surface area contributed by atoms with Crippen molar-refractivity contribution >= 4 is 27.5 Å². The van der Waals surface area contributed by atoms with Crippen molar-refractivity contribution < 1.29 is 4.74 Å². The Balaban J connectivity index is 2.33. The molecule has 2 rings (SSSR count). The highest BCUT2D eigenvalue weighted by molar-refractivity contribution is 9.11. The molecule has 2 bridgehead atoms. The molecule has 0 saturated carbocycles. The molecule has 2 aliphatic rings. The van der Waals surface area contributed by atoms with Crippen LogP contribution in [0.25, 0.3) is 0 Å². The smallest absolute Gasteiger partial charge is 0.101 e. The summed E-state index contributed by atoms with van der Waals surface area (Å²) in [6.07, 6.45) is 8.20. The second-order valence-corrected chi connectivity index (χ2v) is 6.32. The average molecular weight is 308 g/mol. The molecule has 0 radical (unpaired) electrons. The van der Waals surface area contributed by atoms with Crippen LogP contribution >= 0.6 is 27.5 Å². The molecule has 2 aliphatic carbocycles. The van der Waals surface area contributed by atoms with E-state index in [2.05, 4.69) is 22.9 Å². The first-order chi connectivity index (χ1) is 7.68. The van der Waals surface area contributed by atoms with E-state index in [1.165, 1.54) is 35.7 Å². The molecule has 0 aromatic heterocycles. The first-order valence-electron chi connectivity index (χ1n) is 6.34. The summed E-state index contributed by atoms with van der Waals surface area (Å²) in [5, 5.41) is 0.251. The van der Waals surface area contributed by atoms with Gasteiger partial charge >= 0.3 is 0 Å². The van der Waals surface area contributed by atoms with Gasteiger partial charge in [0, 0.05) is 16.5 Å². The fourth-order valence-corrected chi connectivity index (χ4v) is 4.29. The quantitative estimate of drug-likeness (QED) is 0.667. The molecule has 0 amide bonds. The van der Waals surface area contributed by atoms with Crippen molar-refractivity contribution in [1.29, 1.82) is 0 Å². The number of alkyl halides is 1. The molecular formula is C13H20BrClO. The summed E-state index contributed by atoms with van der Waals surface area (Å²) in [7, 11) is 0. The molecule has 0 fully saturated rings. The van der Waals surface area contributed by atoms with E-state index >= 15 is 0 Å². The average Bonchev–Trinajstić information content (AvgIpc) is 2.24. The molecule has 0 heterocycles. The van der Waals surface area contributed by atoms with Crippen LogP contribution in [0.2, 0.25) is 0 Å². The van der Waals surface area contributed by atoms with Crippen LogP contribution in [0.15, 0.2) is 10.1 Å². The van der Waals surface area contributed by atoms with Crippen LogP contribution in [-0.2, 0) is 4.74 Å². The van der Waals surface area contributed by atoms with Gasteiger partial charge < -0.3 is 4.74 Å². The lowest BCUT2D eigenvalue weighted by Gasteiger charge is -2.41. The van der Waals surface area contributed by atoms with Crippen LogP contribution in [0, 0.1) is 0 Å². The van der Waals surface area contributed by atoms with Gasteiger partial charge in [-0.05, 0) is 39.0 Å². The van der Waals surface area contributed by atoms with Gasteiger partial charge in [-0.25, -0.2) is 0 Å². The molecule has 0 N–H and O–H groups in total. The molecule has 3 heteroatoms. The predicted octanol–water partition coefficient (Wildman–Crippen LogP) is 4.78. The molecule has 0 aromatic rings. The summed E-state index contributed by atoms with van der Waals surface area (Å²) in [6, 6.07) is 0. The van der Waals surface area contributed by atoms with Crippen molar-refractivity contribution in [3.63, 3.8) is 0 Å². The number of halogens is 2. The summed E-state index contributed by atoms with van der Waals surface area (Å²) in [5.74, 6) is 0. The minimum atomic E-state index is -0.102. The number of hydrogen-bond acceptors (Lipinski definition) is 1. The number of fused-ring (bicyclic) bond motifs is 1. The number of ether oxygens (including phenoxy) is 1. The number of allylic oxidation sites excluding steroid dienone is 1. The third kappa shape index (κ3) is 2.49. The van der Waals surface area contributed by atoms with E-state index in [4.69, 9.17) is 16.3 Å². The Labute approximate surface area is 112 Å². The van der Waals surface area contributed by atoms with Gasteiger partial charge in [0.15, 0.2) is 0 Å². The van der Waals surface area contributed by atoms with Crippen LogP contribution < -0.4 is 0 Å². The summed E-state index contributed by atoms with van der Waals surface area (Å²) in [4.78, 5) is 0. The molecule has 1 nitrogen and oxygen atoms in total. The molecular weight excluding hydrogens is 287 g/mol. The lowest BCUT2D eigenvalue weighted by atomic mass is 9.79. The summed E-state index contributed by atoms with van der Waals surface area (Å²) < 4.78 is 7.39. The van der Waals surface area contributed by atoms with Crippen LogP contribution in [0.1, 0.15) is 51.9 Å². The first kappa shape index (κ1) is 12.9. The monoisotopic (exact) mass is 306 g/mol. The molecule has 0 saturated heterocycles. The maximum atomic E-state index is 6.40. The first-order valence-corrected chi connectivity index (χ1v) is 7.57. The number of rotatable bonds is 2. The Morgan fingerprint density at radius 3 is 3.00 bits per heavy atom. The second kappa shape index (κ2) is 5.41. The lowest BCUT2D eigenvalue weighted by Crippen LogP contribution is -2.40. The van der Waals surface area contributed by atoms with Gasteiger partial charge in [-0.1, -0.05) is 34.3 Å². The van der Waals surface area contributed by atoms with Gasteiger partial charge in [0.05, 0.1) is 0 Å². The van der Waals surface area contributed by atoms with E-state index in [-0.39, 0.29) is 11.0 Å². The molecule has 0 spiro atoms. The predicted molar refractivity (Wildman–Crippen MR) is 72.3 cm³/mol. The Kier molecular flexibility index (Phi) is 4.37. The SMILES string of the molecule is CCO[C@@]12CCCCCC(=C1Br)C[C@H](Cl)C2. The van der Waals surface area contributed by atoms with E-state index in [0.29, 0.717) is 0 Å². The third-order valence-electron chi connectivity index (χ3n) is 3.71. The zero-order valence-electron chi connectivity index (χ0n) is 9.90. The highest BCUT2D eigenvalue weighted by Gasteiger charge is 2.41. The van der Waals surface area contributed by atoms with Crippen molar-refractivity contribution in [2.75, 3.05) is 6.61 Å². The maximum absolute atomic E-state index is 6.40. The van der Waals surface area contributed by atoms with Crippen LogP contribution in [0.3, 0.4) is 0 Å². The van der Waals surface area contributed by atoms with Crippen molar-refractivity contribution in [3.8, 4) is 0 Å². The van der Waals surface area contributed by atoms with Gasteiger partial charge in [-0.15, -0.1) is 11.6 Å². The molecule has 16 heavy (non-hydrogen) atoms. The van der Waals surface area contributed by atoms with Crippen molar-refractivity contribution in [1.82, 2.24) is 0 Å². The standard InChI is InChI=1S/C13H20BrClO/c1-2-16-13-7-5-3-4-6-10(12(13)14)8-11(15)9-13/h11H,2-9H2,1H3/t11-,13+/m0/s1. The van der Waals surface area contributed by atoms with E-state index in [1.54, 1.807) is 0 Å². The summed E-state index contributed by atoms with van der Waals surface area (Å²) in [6.45, 7) is 2.84. The van der Waals surface area contributed by atoms with Crippen LogP contribution in [0.5, 0.6) is 0 Å². The third-order valence-corrected chi connectivity index (χ3v) is 5.30. The normalized spacial score (nSPS) is 35.8. The largest absolute Gasteiger partial charge is 0.370 e. The summed E-state index contributed by atoms with van der Waals surface area (Å²) >= 11 is 10.2. The zero-order chi connectivity index (χ0) is 11.6. The van der Waals surface area contributed by atoms with E-state index in [1.807, 2.05) is 0 Å². The van der Waals surface area contributed by atoms with Crippen molar-refractivity contribution in [2.24, 2.45) is 0 Å². The van der Waals surface area contributed by atoms with E-state index < -0.39 is 0 Å². The molecule has 0 aromatic carbocycles. The Bertz CT molecular complexity index is 290. The van der Waals surface area contributed by atoms with E-state index in [9.17, 15) is 0 Å². The molecule has 92 valence electrons. The zero-order valence-corrected chi connectivity index (χ0v) is 12.2. The number of hydrogen-bond donors (Lipinski definition) is 0.